The summed E-state index contributed by atoms with van der Waals surface area (Å²) in [7, 11) is 0. The number of amidine groups is 1. The molecule has 0 amide bonds. The van der Waals surface area contributed by atoms with Gasteiger partial charge in [0.05, 0.1) is 6.61 Å². The Balaban J connectivity index is 3.56. The molecule has 9 heteroatoms. The fraction of sp³-hybridized carbons (Fsp3) is 0.600. The largest absolute Gasteiger partial charge is 0.522 e. The molecule has 0 aliphatic rings. The highest BCUT2D eigenvalue weighted by Crippen LogP contribution is 2.16. The van der Waals surface area contributed by atoms with Crippen LogP contribution in [0.3, 0.4) is 0 Å². The van der Waals surface area contributed by atoms with Gasteiger partial charge in [-0.2, -0.15) is 4.99 Å². The molecule has 0 aliphatic carbocycles. The van der Waals surface area contributed by atoms with Crippen LogP contribution in [0.25, 0.3) is 0 Å². The Hall–Kier alpha value is -0.960. The van der Waals surface area contributed by atoms with Crippen LogP contribution in [0.4, 0.5) is 13.2 Å². The van der Waals surface area contributed by atoms with Gasteiger partial charge in [0.1, 0.15) is 0 Å². The summed E-state index contributed by atoms with van der Waals surface area (Å²) in [6.45, 7) is -0.545. The van der Waals surface area contributed by atoms with Gasteiger partial charge in [-0.25, -0.2) is 0 Å². The van der Waals surface area contributed by atoms with Gasteiger partial charge in [-0.3, -0.25) is 10.1 Å². The smallest absolute Gasteiger partial charge is 0.370 e. The molecule has 0 atom stereocenters. The zero-order valence-corrected chi connectivity index (χ0v) is 7.78. The van der Waals surface area contributed by atoms with Gasteiger partial charge < -0.3 is 11.5 Å². The van der Waals surface area contributed by atoms with Crippen molar-refractivity contribution in [3.05, 3.63) is 0 Å². The number of halogens is 3. The summed E-state index contributed by atoms with van der Waals surface area (Å²) in [6.07, 6.45) is -4.64. The molecule has 0 rings (SSSR count). The van der Waals surface area contributed by atoms with E-state index < -0.39 is 13.0 Å². The van der Waals surface area contributed by atoms with Crippen molar-refractivity contribution >= 4 is 22.9 Å². The maximum Gasteiger partial charge on any atom is 0.522 e. The van der Waals surface area contributed by atoms with Gasteiger partial charge in [-0.1, -0.05) is 11.8 Å². The molecule has 0 bridgehead atoms. The molecule has 0 heterocycles. The van der Waals surface area contributed by atoms with Crippen molar-refractivity contribution in [2.45, 2.75) is 6.36 Å². The van der Waals surface area contributed by atoms with Crippen LogP contribution in [0.2, 0.25) is 0 Å². The molecule has 0 aromatic rings. The van der Waals surface area contributed by atoms with E-state index in [9.17, 15) is 13.2 Å². The van der Waals surface area contributed by atoms with E-state index in [1.807, 2.05) is 0 Å². The minimum absolute atomic E-state index is 0.0465. The number of nitrogens with one attached hydrogen (secondary N) is 1. The highest BCUT2D eigenvalue weighted by atomic mass is 32.2. The average Bonchev–Trinajstić information content (AvgIpc) is 1.95. The van der Waals surface area contributed by atoms with Crippen LogP contribution < -0.4 is 11.5 Å². The van der Waals surface area contributed by atoms with E-state index in [4.69, 9.17) is 16.9 Å². The fourth-order valence-electron chi connectivity index (χ4n) is 0.445. The lowest BCUT2D eigenvalue weighted by Gasteiger charge is -2.05. The van der Waals surface area contributed by atoms with E-state index in [0.29, 0.717) is 0 Å². The summed E-state index contributed by atoms with van der Waals surface area (Å²) in [4.78, 5) is 3.29. The molecule has 0 aromatic heterocycles. The predicted molar refractivity (Wildman–Crippen MR) is 48.0 cm³/mol. The number of alkyl halides is 3. The van der Waals surface area contributed by atoms with Gasteiger partial charge in [0.2, 0.25) is 0 Å². The van der Waals surface area contributed by atoms with Crippen LogP contribution in [0.15, 0.2) is 4.99 Å². The van der Waals surface area contributed by atoms with Crippen molar-refractivity contribution in [1.29, 1.82) is 5.41 Å². The van der Waals surface area contributed by atoms with Crippen LogP contribution >= 0.6 is 11.8 Å². The van der Waals surface area contributed by atoms with Crippen molar-refractivity contribution in [2.75, 3.05) is 12.4 Å². The second kappa shape index (κ2) is 5.70. The third-order valence-electron chi connectivity index (χ3n) is 0.818. The molecule has 0 fully saturated rings. The first-order valence-electron chi connectivity index (χ1n) is 3.33. The quantitative estimate of drug-likeness (QED) is 0.373. The number of guanidine groups is 1. The lowest BCUT2D eigenvalue weighted by molar-refractivity contribution is -0.322. The van der Waals surface area contributed by atoms with Gasteiger partial charge in [0.25, 0.3) is 0 Å². The van der Waals surface area contributed by atoms with Gasteiger partial charge in [0, 0.05) is 5.75 Å². The first kappa shape index (κ1) is 13.0. The molecule has 0 unspecified atom stereocenters. The second-order valence-corrected chi connectivity index (χ2v) is 3.07. The fourth-order valence-corrected chi connectivity index (χ4v) is 0.975. The normalized spacial score (nSPS) is 11.1. The number of nitrogens with zero attached hydrogens (tertiary/aromatic N) is 1. The first-order valence-corrected chi connectivity index (χ1v) is 4.31. The molecule has 0 spiro atoms. The summed E-state index contributed by atoms with van der Waals surface area (Å²) in [5.74, 6) is -0.353. The lowest BCUT2D eigenvalue weighted by Crippen LogP contribution is -2.23. The molecule has 0 aromatic carbocycles. The minimum atomic E-state index is -4.64. The van der Waals surface area contributed by atoms with E-state index in [0.717, 1.165) is 11.8 Å². The monoisotopic (exact) mass is 230 g/mol. The van der Waals surface area contributed by atoms with Crippen LogP contribution in [0, 0.1) is 5.41 Å². The number of hydrogen-bond acceptors (Lipinski definition) is 3. The Morgan fingerprint density at radius 2 is 2.00 bits per heavy atom. The van der Waals surface area contributed by atoms with Crippen LogP contribution in [-0.2, 0) is 4.74 Å². The zero-order valence-electron chi connectivity index (χ0n) is 6.97. The van der Waals surface area contributed by atoms with E-state index in [1.54, 1.807) is 0 Å². The Morgan fingerprint density at radius 3 is 2.43 bits per heavy atom. The average molecular weight is 230 g/mol. The van der Waals surface area contributed by atoms with Crippen LogP contribution in [-0.4, -0.2) is 29.8 Å². The van der Waals surface area contributed by atoms with Gasteiger partial charge >= 0.3 is 6.36 Å². The molecule has 0 saturated heterocycles. The second-order valence-electron chi connectivity index (χ2n) is 1.98. The van der Waals surface area contributed by atoms with Crippen molar-refractivity contribution < 1.29 is 17.9 Å². The molecule has 5 N–H and O–H groups in total. The van der Waals surface area contributed by atoms with Crippen LogP contribution in [0.1, 0.15) is 0 Å². The van der Waals surface area contributed by atoms with Crippen molar-refractivity contribution in [2.24, 2.45) is 16.5 Å². The Labute approximate surface area is 82.2 Å². The molecular weight excluding hydrogens is 221 g/mol. The standard InChI is InChI=1S/C5H9F3N4OS/c6-5(7,8)13-1-2-14-4(11)12-3(9)10/h1-2H2,(H5,9,10,11,12). The molecule has 0 radical (unpaired) electrons. The van der Waals surface area contributed by atoms with Crippen molar-refractivity contribution in [1.82, 2.24) is 0 Å². The van der Waals surface area contributed by atoms with E-state index in [-0.39, 0.29) is 16.9 Å². The molecule has 0 saturated carbocycles. The summed E-state index contributed by atoms with van der Waals surface area (Å²) in [6, 6.07) is 0. The SMILES string of the molecule is N=C(N=C(N)N)SCCOC(F)(F)F. The van der Waals surface area contributed by atoms with Crippen molar-refractivity contribution in [3.63, 3.8) is 0 Å². The molecule has 14 heavy (non-hydrogen) atoms. The van der Waals surface area contributed by atoms with Gasteiger partial charge in [0.15, 0.2) is 11.1 Å². The zero-order chi connectivity index (χ0) is 11.2. The Morgan fingerprint density at radius 1 is 1.43 bits per heavy atom. The highest BCUT2D eigenvalue weighted by molar-refractivity contribution is 8.13. The summed E-state index contributed by atoms with van der Waals surface area (Å²) in [5.41, 5.74) is 9.86. The first-order chi connectivity index (χ1) is 6.31. The highest BCUT2D eigenvalue weighted by Gasteiger charge is 2.28. The maximum atomic E-state index is 11.4. The lowest BCUT2D eigenvalue weighted by atomic mass is 10.9. The molecule has 0 aliphatic heterocycles. The van der Waals surface area contributed by atoms with Gasteiger partial charge in [-0.15, -0.1) is 13.2 Å². The third kappa shape index (κ3) is 9.13. The van der Waals surface area contributed by atoms with E-state index in [2.05, 4.69) is 9.73 Å². The summed E-state index contributed by atoms with van der Waals surface area (Å²) >= 11 is 0.756. The van der Waals surface area contributed by atoms with Crippen molar-refractivity contribution in [3.8, 4) is 0 Å². The summed E-state index contributed by atoms with van der Waals surface area (Å²) < 4.78 is 37.8. The molecule has 82 valence electrons. The summed E-state index contributed by atoms with van der Waals surface area (Å²) in [5, 5.41) is 6.78. The third-order valence-corrected chi connectivity index (χ3v) is 1.55. The Bertz CT molecular complexity index is 226. The predicted octanol–water partition coefficient (Wildman–Crippen LogP) is 0.464. The number of thioether (sulfide) groups is 1. The number of hydrogen-bond donors (Lipinski definition) is 3. The molecular formula is C5H9F3N4OS. The maximum absolute atomic E-state index is 11.4. The van der Waals surface area contributed by atoms with E-state index >= 15 is 0 Å². The minimum Gasteiger partial charge on any atom is -0.370 e. The molecule has 5 nitrogen and oxygen atoms in total. The Kier molecular flexibility index (Phi) is 5.31. The van der Waals surface area contributed by atoms with Crippen LogP contribution in [0.5, 0.6) is 0 Å². The number of aliphatic imine (C=N–C) groups is 1. The number of ether oxygens (including phenoxy) is 1. The van der Waals surface area contributed by atoms with Gasteiger partial charge in [-0.05, 0) is 0 Å². The number of nitrogens with two attached hydrogens (primary N) is 2. The topological polar surface area (TPSA) is 97.5 Å². The van der Waals surface area contributed by atoms with E-state index in [1.165, 1.54) is 0 Å². The number of rotatable bonds is 3.